The van der Waals surface area contributed by atoms with Crippen LogP contribution < -0.4 is 4.90 Å². The zero-order chi connectivity index (χ0) is 16.0. The molecule has 3 rings (SSSR count). The Morgan fingerprint density at radius 3 is 2.64 bits per heavy atom. The predicted octanol–water partition coefficient (Wildman–Crippen LogP) is 3.45. The lowest BCUT2D eigenvalue weighted by molar-refractivity contribution is 0.0816. The molecule has 0 N–H and O–H groups in total. The van der Waals surface area contributed by atoms with E-state index in [0.29, 0.717) is 28.6 Å². The van der Waals surface area contributed by atoms with Crippen molar-refractivity contribution in [3.8, 4) is 0 Å². The highest BCUT2D eigenvalue weighted by Gasteiger charge is 2.34. The van der Waals surface area contributed by atoms with Crippen molar-refractivity contribution in [3.05, 3.63) is 57.1 Å². The predicted molar refractivity (Wildman–Crippen MR) is 92.8 cm³/mol. The van der Waals surface area contributed by atoms with E-state index in [2.05, 4.69) is 43.4 Å². The lowest BCUT2D eigenvalue weighted by Gasteiger charge is -2.32. The second kappa shape index (κ2) is 5.55. The summed E-state index contributed by atoms with van der Waals surface area (Å²) in [7, 11) is 3.57. The van der Waals surface area contributed by atoms with E-state index >= 15 is 0 Å². The highest BCUT2D eigenvalue weighted by molar-refractivity contribution is 9.10. The van der Waals surface area contributed by atoms with Crippen LogP contribution in [0, 0.1) is 0 Å². The van der Waals surface area contributed by atoms with Gasteiger partial charge in [-0.25, -0.2) is 4.98 Å². The van der Waals surface area contributed by atoms with Crippen LogP contribution in [0.2, 0.25) is 0 Å². The van der Waals surface area contributed by atoms with Crippen LogP contribution in [-0.2, 0) is 6.54 Å². The van der Waals surface area contributed by atoms with Gasteiger partial charge in [0.1, 0.15) is 5.82 Å². The summed E-state index contributed by atoms with van der Waals surface area (Å²) in [5.41, 5.74) is 1.64. The van der Waals surface area contributed by atoms with Crippen LogP contribution >= 0.6 is 31.9 Å². The van der Waals surface area contributed by atoms with Gasteiger partial charge < -0.3 is 9.47 Å². The summed E-state index contributed by atoms with van der Waals surface area (Å²) >= 11 is 6.93. The van der Waals surface area contributed by atoms with Gasteiger partial charge in [-0.2, -0.15) is 0 Å². The lowest BCUT2D eigenvalue weighted by Crippen LogP contribution is -2.41. The van der Waals surface area contributed by atoms with E-state index in [1.54, 1.807) is 7.05 Å². The summed E-state index contributed by atoms with van der Waals surface area (Å²) in [6, 6.07) is 7.99. The molecule has 0 saturated heterocycles. The fourth-order valence-corrected chi connectivity index (χ4v) is 3.36. The molecule has 1 aliphatic heterocycles. The number of aromatic nitrogens is 2. The Morgan fingerprint density at radius 1 is 1.23 bits per heavy atom. The maximum absolute atomic E-state index is 12.6. The number of nitrogens with zero attached hydrogens (tertiary/aromatic N) is 4. The number of amides is 1. The van der Waals surface area contributed by atoms with Crippen LogP contribution in [0.25, 0.3) is 0 Å². The number of rotatable bonds is 2. The number of halogens is 2. The number of carbonyl (C=O) groups excluding carboxylic acids is 1. The van der Waals surface area contributed by atoms with Crippen molar-refractivity contribution in [2.75, 3.05) is 19.0 Å². The first-order valence-electron chi connectivity index (χ1n) is 6.61. The second-order valence-corrected chi connectivity index (χ2v) is 6.73. The largest absolute Gasteiger partial charge is 0.314 e. The standard InChI is InChI=1S/C15H14Br2N4O/c1-9-19(2)13-12(14(22)20(9)3)21(15(17)18-13)8-10-5-4-6-11(16)7-10/h4-7H,1,8H2,2-3H3. The average molecular weight is 426 g/mol. The molecule has 22 heavy (non-hydrogen) atoms. The van der Waals surface area contributed by atoms with E-state index in [4.69, 9.17) is 0 Å². The fourth-order valence-electron chi connectivity index (χ4n) is 2.44. The van der Waals surface area contributed by atoms with Crippen LogP contribution in [0.4, 0.5) is 5.82 Å². The third-order valence-corrected chi connectivity index (χ3v) is 4.83. The first-order chi connectivity index (χ1) is 10.4. The van der Waals surface area contributed by atoms with Crippen LogP contribution in [0.15, 0.2) is 45.9 Å². The molecular formula is C15H14Br2N4O. The second-order valence-electron chi connectivity index (χ2n) is 5.11. The van der Waals surface area contributed by atoms with Crippen molar-refractivity contribution in [1.29, 1.82) is 0 Å². The van der Waals surface area contributed by atoms with E-state index in [1.165, 1.54) is 4.90 Å². The highest BCUT2D eigenvalue weighted by Crippen LogP contribution is 2.33. The van der Waals surface area contributed by atoms with E-state index in [1.807, 2.05) is 40.8 Å². The Balaban J connectivity index is 2.09. The molecule has 0 radical (unpaired) electrons. The molecule has 7 heteroatoms. The molecule has 1 aromatic heterocycles. The van der Waals surface area contributed by atoms with Crippen LogP contribution in [-0.4, -0.2) is 34.5 Å². The maximum Gasteiger partial charge on any atom is 0.279 e. The van der Waals surface area contributed by atoms with E-state index in [9.17, 15) is 4.79 Å². The highest BCUT2D eigenvalue weighted by atomic mass is 79.9. The average Bonchev–Trinajstić information content (AvgIpc) is 2.80. The van der Waals surface area contributed by atoms with Crippen molar-refractivity contribution in [3.63, 3.8) is 0 Å². The summed E-state index contributed by atoms with van der Waals surface area (Å²) in [6.45, 7) is 4.48. The van der Waals surface area contributed by atoms with Crippen molar-refractivity contribution >= 4 is 43.6 Å². The van der Waals surface area contributed by atoms with Gasteiger partial charge in [0.15, 0.2) is 16.2 Å². The minimum absolute atomic E-state index is 0.105. The number of hydrogen-bond acceptors (Lipinski definition) is 3. The Hall–Kier alpha value is -1.60. The van der Waals surface area contributed by atoms with Crippen LogP contribution in [0.5, 0.6) is 0 Å². The zero-order valence-electron chi connectivity index (χ0n) is 12.2. The number of benzene rings is 1. The van der Waals surface area contributed by atoms with Gasteiger partial charge in [-0.15, -0.1) is 0 Å². The molecule has 1 aromatic carbocycles. The van der Waals surface area contributed by atoms with Gasteiger partial charge in [0.05, 0.1) is 6.54 Å². The minimum atomic E-state index is -0.105. The lowest BCUT2D eigenvalue weighted by atomic mass is 10.2. The van der Waals surface area contributed by atoms with Crippen LogP contribution in [0.1, 0.15) is 16.1 Å². The van der Waals surface area contributed by atoms with Gasteiger partial charge in [-0.05, 0) is 33.6 Å². The van der Waals surface area contributed by atoms with Crippen molar-refractivity contribution in [2.24, 2.45) is 0 Å². The molecule has 2 aromatic rings. The van der Waals surface area contributed by atoms with Crippen molar-refractivity contribution in [2.45, 2.75) is 6.54 Å². The number of hydrogen-bond donors (Lipinski definition) is 0. The number of imidazole rings is 1. The van der Waals surface area contributed by atoms with Gasteiger partial charge >= 0.3 is 0 Å². The molecule has 114 valence electrons. The molecule has 0 saturated carbocycles. The summed E-state index contributed by atoms with van der Waals surface area (Å²) in [5, 5.41) is 0. The number of fused-ring (bicyclic) bond motifs is 1. The SMILES string of the molecule is C=C1N(C)C(=O)c2c(nc(Br)n2Cc2cccc(Br)c2)N1C. The monoisotopic (exact) mass is 424 g/mol. The molecule has 5 nitrogen and oxygen atoms in total. The third-order valence-electron chi connectivity index (χ3n) is 3.73. The summed E-state index contributed by atoms with van der Waals surface area (Å²) in [5.74, 6) is 1.12. The molecule has 0 spiro atoms. The first kappa shape index (κ1) is 15.3. The Morgan fingerprint density at radius 2 is 1.95 bits per heavy atom. The van der Waals surface area contributed by atoms with Gasteiger partial charge in [-0.3, -0.25) is 9.69 Å². The van der Waals surface area contributed by atoms with E-state index in [-0.39, 0.29) is 5.91 Å². The molecular weight excluding hydrogens is 412 g/mol. The van der Waals surface area contributed by atoms with Crippen LogP contribution in [0.3, 0.4) is 0 Å². The van der Waals surface area contributed by atoms with Crippen molar-refractivity contribution < 1.29 is 4.79 Å². The molecule has 2 heterocycles. The number of carbonyl (C=O) groups is 1. The van der Waals surface area contributed by atoms with Crippen molar-refractivity contribution in [1.82, 2.24) is 14.5 Å². The Labute approximate surface area is 145 Å². The maximum atomic E-state index is 12.6. The minimum Gasteiger partial charge on any atom is -0.314 e. The van der Waals surface area contributed by atoms with E-state index < -0.39 is 0 Å². The summed E-state index contributed by atoms with van der Waals surface area (Å²) < 4.78 is 3.50. The Kier molecular flexibility index (Phi) is 3.86. The fraction of sp³-hybridized carbons (Fsp3) is 0.200. The van der Waals surface area contributed by atoms with Gasteiger partial charge in [0, 0.05) is 18.6 Å². The smallest absolute Gasteiger partial charge is 0.279 e. The van der Waals surface area contributed by atoms with Gasteiger partial charge in [0.25, 0.3) is 5.91 Å². The first-order valence-corrected chi connectivity index (χ1v) is 8.20. The van der Waals surface area contributed by atoms with Gasteiger partial charge in [0.2, 0.25) is 0 Å². The molecule has 0 unspecified atom stereocenters. The molecule has 1 amide bonds. The third kappa shape index (κ3) is 2.38. The van der Waals surface area contributed by atoms with E-state index in [0.717, 1.165) is 10.0 Å². The van der Waals surface area contributed by atoms with Gasteiger partial charge in [-0.1, -0.05) is 34.6 Å². The molecule has 0 aliphatic carbocycles. The molecule has 0 fully saturated rings. The summed E-state index contributed by atoms with van der Waals surface area (Å²) in [6.07, 6.45) is 0. The quantitative estimate of drug-likeness (QED) is 0.739. The number of anilines is 1. The molecule has 1 aliphatic rings. The topological polar surface area (TPSA) is 41.4 Å². The molecule has 0 bridgehead atoms. The Bertz CT molecular complexity index is 784. The summed E-state index contributed by atoms with van der Waals surface area (Å²) in [4.78, 5) is 20.4. The zero-order valence-corrected chi connectivity index (χ0v) is 15.3. The normalized spacial score (nSPS) is 14.5. The molecule has 0 atom stereocenters.